The zero-order valence-electron chi connectivity index (χ0n) is 27.9. The highest BCUT2D eigenvalue weighted by molar-refractivity contribution is 5.77. The first-order chi connectivity index (χ1) is 17.6. The summed E-state index contributed by atoms with van der Waals surface area (Å²) >= 11 is 0. The highest BCUT2D eigenvalue weighted by atomic mass is 16.4. The lowest BCUT2D eigenvalue weighted by molar-refractivity contribution is -0.150. The quantitative estimate of drug-likeness (QED) is 0.399. The van der Waals surface area contributed by atoms with Gasteiger partial charge in [-0.25, -0.2) is 0 Å². The number of carbonyl (C=O) groups is 2. The van der Waals surface area contributed by atoms with E-state index in [-0.39, 0.29) is 18.7 Å². The zero-order valence-corrected chi connectivity index (χ0v) is 27.9. The van der Waals surface area contributed by atoms with E-state index in [0.29, 0.717) is 35.8 Å². The number of Topliss-reactive ketones (excluding diaryl/α,β-unsaturated/α-hetero) is 1. The van der Waals surface area contributed by atoms with Gasteiger partial charge in [0.1, 0.15) is 16.9 Å². The molecule has 40 heavy (non-hydrogen) atoms. The van der Waals surface area contributed by atoms with E-state index < -0.39 is 11.5 Å². The highest BCUT2D eigenvalue weighted by Crippen LogP contribution is 2.35. The number of aliphatic carboxylic acids is 1. The van der Waals surface area contributed by atoms with Crippen LogP contribution in [0.1, 0.15) is 111 Å². The summed E-state index contributed by atoms with van der Waals surface area (Å²) in [5.41, 5.74) is -1.04. The summed E-state index contributed by atoms with van der Waals surface area (Å²) < 4.78 is 0. The Kier molecular flexibility index (Phi) is 17.1. The summed E-state index contributed by atoms with van der Waals surface area (Å²) in [6, 6.07) is 4.01. The number of nitrogens with one attached hydrogen (secondary N) is 1. The summed E-state index contributed by atoms with van der Waals surface area (Å²) in [4.78, 5) is 25.0. The molecule has 2 N–H and O–H groups in total. The molecule has 0 aliphatic carbocycles. The van der Waals surface area contributed by atoms with E-state index in [1.807, 2.05) is 13.8 Å². The number of likely N-dealkylation sites (tertiary alicyclic amines) is 2. The SMILES string of the molecule is C.CC(C)=O.CC1CN(C(C)(C)C#N)C(C)C1C.CC1CN(C(C)(C)C(=O)O)C(C)C1C.CC1CNC(C)C1C. The number of hydrogen-bond acceptors (Lipinski definition) is 6. The van der Waals surface area contributed by atoms with Gasteiger partial charge in [-0.05, 0) is 104 Å². The van der Waals surface area contributed by atoms with Gasteiger partial charge in [0, 0.05) is 31.2 Å². The Labute approximate surface area is 248 Å². The third-order valence-corrected chi connectivity index (χ3v) is 9.95. The number of carboxylic acid groups (broad SMARTS) is 1. The van der Waals surface area contributed by atoms with Crippen LogP contribution in [0.15, 0.2) is 0 Å². The average molecular weight is 567 g/mol. The largest absolute Gasteiger partial charge is 0.480 e. The lowest BCUT2D eigenvalue weighted by Gasteiger charge is -2.35. The van der Waals surface area contributed by atoms with E-state index in [0.717, 1.165) is 31.0 Å². The second kappa shape index (κ2) is 16.8. The maximum Gasteiger partial charge on any atom is 0.323 e. The molecule has 3 fully saturated rings. The minimum atomic E-state index is -0.738. The molecule has 9 unspecified atom stereocenters. The molecule has 9 atom stereocenters. The molecule has 7 heteroatoms. The van der Waals surface area contributed by atoms with E-state index in [4.69, 9.17) is 10.4 Å². The molecule has 3 saturated heterocycles. The molecule has 3 aliphatic heterocycles. The first-order valence-corrected chi connectivity index (χ1v) is 15.0. The second-order valence-electron chi connectivity index (χ2n) is 13.9. The van der Waals surface area contributed by atoms with Gasteiger partial charge in [0.25, 0.3) is 0 Å². The maximum atomic E-state index is 11.1. The Bertz CT molecular complexity index is 807. The van der Waals surface area contributed by atoms with Crippen molar-refractivity contribution in [2.45, 2.75) is 140 Å². The molecule has 0 amide bonds. The number of rotatable bonds is 3. The van der Waals surface area contributed by atoms with Crippen LogP contribution in [0.25, 0.3) is 0 Å². The lowest BCUT2D eigenvalue weighted by atomic mass is 9.95. The molecule has 3 rings (SSSR count). The minimum Gasteiger partial charge on any atom is -0.480 e. The van der Waals surface area contributed by atoms with E-state index in [1.165, 1.54) is 20.4 Å². The van der Waals surface area contributed by atoms with Gasteiger partial charge in [-0.1, -0.05) is 49.0 Å². The number of nitrogens with zero attached hydrogens (tertiary/aromatic N) is 3. The summed E-state index contributed by atoms with van der Waals surface area (Å²) in [5, 5.41) is 21.6. The van der Waals surface area contributed by atoms with Crippen LogP contribution in [-0.4, -0.2) is 75.5 Å². The Balaban J connectivity index is 0. The fourth-order valence-electron chi connectivity index (χ4n) is 5.70. The number of carboxylic acids is 1. The molecule has 3 aliphatic rings. The first-order valence-electron chi connectivity index (χ1n) is 15.0. The molecule has 7 nitrogen and oxygen atoms in total. The van der Waals surface area contributed by atoms with Gasteiger partial charge in [-0.2, -0.15) is 5.26 Å². The van der Waals surface area contributed by atoms with Crippen molar-refractivity contribution in [3.05, 3.63) is 0 Å². The molecule has 0 bridgehead atoms. The third kappa shape index (κ3) is 11.1. The normalized spacial score (nSPS) is 34.1. The van der Waals surface area contributed by atoms with Crippen LogP contribution in [0.3, 0.4) is 0 Å². The summed E-state index contributed by atoms with van der Waals surface area (Å²) in [6.07, 6.45) is 0. The van der Waals surface area contributed by atoms with Crippen molar-refractivity contribution in [3.8, 4) is 6.07 Å². The standard InChI is InChI=1S/C11H20N2.C11H21NO2.C7H15N.C3H6O.CH4/c1-8-6-13(10(3)9(8)2)11(4,5)7-12;1-7-6-12(9(3)8(7)2)11(4,5)10(13)14;1-5-4-8-7(3)6(5)2;1-3(2)4;/h8-10H,6H2,1-5H3;7-9H,6H2,1-5H3,(H,13,14);5-8H,4H2,1-3H3;1-2H3;1H4. The summed E-state index contributed by atoms with van der Waals surface area (Å²) in [7, 11) is 0. The van der Waals surface area contributed by atoms with Crippen molar-refractivity contribution >= 4 is 11.8 Å². The van der Waals surface area contributed by atoms with Gasteiger partial charge in [0.15, 0.2) is 0 Å². The first kappa shape index (κ1) is 40.6. The van der Waals surface area contributed by atoms with Crippen molar-refractivity contribution in [2.75, 3.05) is 19.6 Å². The topological polar surface area (TPSA) is 96.7 Å². The molecule has 0 aromatic rings. The fourth-order valence-corrected chi connectivity index (χ4v) is 5.70. The Morgan fingerprint density at radius 1 is 0.775 bits per heavy atom. The zero-order chi connectivity index (χ0) is 31.0. The van der Waals surface area contributed by atoms with E-state index in [2.05, 4.69) is 83.5 Å². The van der Waals surface area contributed by atoms with Crippen LogP contribution >= 0.6 is 0 Å². The molecule has 0 aromatic heterocycles. The van der Waals surface area contributed by atoms with Gasteiger partial charge in [0.2, 0.25) is 0 Å². The number of carbonyl (C=O) groups excluding carboxylic acids is 1. The van der Waals surface area contributed by atoms with Gasteiger partial charge < -0.3 is 15.2 Å². The lowest BCUT2D eigenvalue weighted by Crippen LogP contribution is -2.52. The Hall–Kier alpha value is -1.49. The van der Waals surface area contributed by atoms with E-state index in [9.17, 15) is 9.59 Å². The average Bonchev–Trinajstić information content (AvgIpc) is 3.39. The van der Waals surface area contributed by atoms with Crippen LogP contribution in [0.4, 0.5) is 0 Å². The molecule has 3 heterocycles. The molecular weight excluding hydrogens is 500 g/mol. The molecule has 236 valence electrons. The monoisotopic (exact) mass is 567 g/mol. The van der Waals surface area contributed by atoms with Gasteiger partial charge in [-0.3, -0.25) is 14.6 Å². The summed E-state index contributed by atoms with van der Waals surface area (Å²) in [6.45, 7) is 34.0. The van der Waals surface area contributed by atoms with Gasteiger partial charge in [-0.15, -0.1) is 0 Å². The van der Waals surface area contributed by atoms with Gasteiger partial charge in [0.05, 0.1) is 6.07 Å². The highest BCUT2D eigenvalue weighted by Gasteiger charge is 2.45. The molecule has 0 saturated carbocycles. The molecule has 0 radical (unpaired) electrons. The number of ketones is 1. The van der Waals surface area contributed by atoms with Crippen LogP contribution < -0.4 is 5.32 Å². The van der Waals surface area contributed by atoms with Crippen molar-refractivity contribution in [2.24, 2.45) is 35.5 Å². The fraction of sp³-hybridized carbons (Fsp3) is 0.909. The molecule has 0 spiro atoms. The van der Waals surface area contributed by atoms with Crippen LogP contribution in [0.2, 0.25) is 0 Å². The third-order valence-electron chi connectivity index (χ3n) is 9.95. The van der Waals surface area contributed by atoms with Crippen molar-refractivity contribution in [1.82, 2.24) is 15.1 Å². The van der Waals surface area contributed by atoms with Crippen molar-refractivity contribution in [3.63, 3.8) is 0 Å². The predicted molar refractivity (Wildman–Crippen MR) is 169 cm³/mol. The van der Waals surface area contributed by atoms with E-state index in [1.54, 1.807) is 13.8 Å². The van der Waals surface area contributed by atoms with Crippen LogP contribution in [0, 0.1) is 46.8 Å². The van der Waals surface area contributed by atoms with Crippen LogP contribution in [0.5, 0.6) is 0 Å². The smallest absolute Gasteiger partial charge is 0.323 e. The summed E-state index contributed by atoms with van der Waals surface area (Å²) in [5.74, 6) is 3.76. The minimum absolute atomic E-state index is 0. The number of hydrogen-bond donors (Lipinski definition) is 2. The predicted octanol–water partition coefficient (Wildman–Crippen LogP) is 6.57. The van der Waals surface area contributed by atoms with Gasteiger partial charge >= 0.3 is 5.97 Å². The number of nitriles is 1. The Morgan fingerprint density at radius 2 is 1.15 bits per heavy atom. The Morgan fingerprint density at radius 3 is 1.35 bits per heavy atom. The van der Waals surface area contributed by atoms with E-state index >= 15 is 0 Å². The van der Waals surface area contributed by atoms with Crippen LogP contribution in [-0.2, 0) is 9.59 Å². The second-order valence-corrected chi connectivity index (χ2v) is 13.9. The molecule has 0 aromatic carbocycles. The van der Waals surface area contributed by atoms with Crippen molar-refractivity contribution in [1.29, 1.82) is 5.26 Å². The maximum absolute atomic E-state index is 11.1. The van der Waals surface area contributed by atoms with Crippen molar-refractivity contribution < 1.29 is 14.7 Å². The molecular formula is C33H66N4O3.